The first-order valence-electron chi connectivity index (χ1n) is 1.81. The summed E-state index contributed by atoms with van der Waals surface area (Å²) >= 11 is 0. The number of rotatable bonds is 1. The van der Waals surface area contributed by atoms with E-state index >= 15 is 0 Å². The summed E-state index contributed by atoms with van der Waals surface area (Å²) in [5, 5.41) is 0. The van der Waals surface area contributed by atoms with E-state index in [2.05, 4.69) is 29.8 Å². The maximum Gasteiger partial charge on any atom is 0.246 e. The fraction of sp³-hybridized carbons (Fsp3) is 1.00. The Morgan fingerprint density at radius 1 is 1.43 bits per heavy atom. The molecule has 0 N–H and O–H groups in total. The van der Waals surface area contributed by atoms with Gasteiger partial charge < -0.3 is 8.85 Å². The molecule has 0 aliphatic carbocycles. The highest BCUT2D eigenvalue weighted by Crippen LogP contribution is 1.50. The minimum Gasteiger partial charge on any atom is -0.422 e. The Hall–Kier alpha value is 0.354. The molecule has 7 heavy (non-hydrogen) atoms. The van der Waals surface area contributed by atoms with Crippen LogP contribution in [0.15, 0.2) is 0 Å². The van der Waals surface area contributed by atoms with E-state index in [0.29, 0.717) is 0 Å². The highest BCUT2D eigenvalue weighted by molar-refractivity contribution is 5.98. The Morgan fingerprint density at radius 3 is 1.57 bits per heavy atom. The average Bonchev–Trinajstić information content (AvgIpc) is 1.69. The van der Waals surface area contributed by atoms with Crippen LogP contribution >= 0.6 is 0 Å². The summed E-state index contributed by atoms with van der Waals surface area (Å²) < 4.78 is 8.40. The van der Waals surface area contributed by atoms with Gasteiger partial charge in [0.15, 0.2) is 0 Å². The van der Waals surface area contributed by atoms with Crippen molar-refractivity contribution in [3.05, 3.63) is 0 Å². The van der Waals surface area contributed by atoms with E-state index in [1.807, 2.05) is 6.92 Å². The molecule has 0 fully saturated rings. The molecule has 0 unspecified atom stereocenters. The lowest BCUT2D eigenvalue weighted by Crippen LogP contribution is -1.76. The number of hydrogen-bond acceptors (Lipinski definition) is 2. The first-order chi connectivity index (χ1) is 3.33. The van der Waals surface area contributed by atoms with Gasteiger partial charge in [0.05, 0.1) is 0 Å². The van der Waals surface area contributed by atoms with Crippen LogP contribution in [0.3, 0.4) is 0 Å². The molecular weight excluding hydrogens is 124 g/mol. The third-order valence-corrected chi connectivity index (χ3v) is 0.433. The highest BCUT2D eigenvalue weighted by Gasteiger charge is 1.53. The Morgan fingerprint density at radius 2 is 1.57 bits per heavy atom. The van der Waals surface area contributed by atoms with E-state index in [1.54, 1.807) is 0 Å². The molecule has 0 atom stereocenters. The van der Waals surface area contributed by atoms with Crippen LogP contribution in [-0.2, 0) is 8.85 Å². The van der Waals surface area contributed by atoms with Crippen molar-refractivity contribution in [3.63, 3.8) is 0 Å². The van der Waals surface area contributed by atoms with Crippen molar-refractivity contribution in [2.75, 3.05) is 13.7 Å². The third kappa shape index (κ3) is 65.7. The standard InChI is InChI=1S/C2H5OSi.CH3OSi/c1-2-3-4;1-2-3/h2H2,1H3;1H3. The van der Waals surface area contributed by atoms with Crippen molar-refractivity contribution in [2.24, 2.45) is 0 Å². The molecule has 0 saturated carbocycles. The van der Waals surface area contributed by atoms with E-state index in [-0.39, 0.29) is 0 Å². The molecule has 0 amide bonds. The van der Waals surface area contributed by atoms with Crippen molar-refractivity contribution < 1.29 is 8.85 Å². The van der Waals surface area contributed by atoms with Crippen LogP contribution in [-0.4, -0.2) is 34.7 Å². The smallest absolute Gasteiger partial charge is 0.246 e. The molecule has 0 rings (SSSR count). The minimum absolute atomic E-state index is 0.733. The summed E-state index contributed by atoms with van der Waals surface area (Å²) in [6.45, 7) is 2.64. The zero-order valence-corrected chi connectivity index (χ0v) is 6.52. The van der Waals surface area contributed by atoms with Gasteiger partial charge in [-0.1, -0.05) is 0 Å². The lowest BCUT2D eigenvalue weighted by Gasteiger charge is -1.75. The lowest BCUT2D eigenvalue weighted by molar-refractivity contribution is 0.375. The first-order valence-corrected chi connectivity index (χ1v) is 2.63. The molecule has 0 bridgehead atoms. The van der Waals surface area contributed by atoms with Crippen molar-refractivity contribution in [1.29, 1.82) is 0 Å². The van der Waals surface area contributed by atoms with Crippen LogP contribution in [0, 0.1) is 0 Å². The highest BCUT2D eigenvalue weighted by atomic mass is 28.2. The normalized spacial score (nSPS) is 6.86. The molecular formula is C3H8O2Si2. The Balaban J connectivity index is 0. The molecule has 0 aliphatic rings. The second-order valence-electron chi connectivity index (χ2n) is 0.637. The van der Waals surface area contributed by atoms with Gasteiger partial charge in [0.25, 0.3) is 0 Å². The minimum atomic E-state index is 0.733. The zero-order chi connectivity index (χ0) is 6.12. The van der Waals surface area contributed by atoms with E-state index in [0.717, 1.165) is 6.61 Å². The van der Waals surface area contributed by atoms with Gasteiger partial charge >= 0.3 is 0 Å². The topological polar surface area (TPSA) is 18.5 Å². The first kappa shape index (κ1) is 10.4. The van der Waals surface area contributed by atoms with Gasteiger partial charge in [-0.2, -0.15) is 0 Å². The third-order valence-electron chi connectivity index (χ3n) is 0.144. The van der Waals surface area contributed by atoms with E-state index < -0.39 is 0 Å². The van der Waals surface area contributed by atoms with E-state index in [4.69, 9.17) is 0 Å². The Kier molecular flexibility index (Phi) is 24.0. The predicted molar refractivity (Wildman–Crippen MR) is 30.1 cm³/mol. The summed E-state index contributed by atoms with van der Waals surface area (Å²) in [7, 11) is 7.01. The molecule has 4 heteroatoms. The molecule has 2 nitrogen and oxygen atoms in total. The van der Waals surface area contributed by atoms with Crippen molar-refractivity contribution in [2.45, 2.75) is 6.92 Å². The molecule has 0 heterocycles. The van der Waals surface area contributed by atoms with Crippen molar-refractivity contribution in [3.8, 4) is 0 Å². The Bertz CT molecular complexity index is 18.4. The summed E-state index contributed by atoms with van der Waals surface area (Å²) in [4.78, 5) is 0. The van der Waals surface area contributed by atoms with E-state index in [1.165, 1.54) is 7.11 Å². The van der Waals surface area contributed by atoms with Crippen LogP contribution in [0.5, 0.6) is 0 Å². The van der Waals surface area contributed by atoms with Gasteiger partial charge in [0, 0.05) is 13.7 Å². The maximum absolute atomic E-state index is 4.35. The average molecular weight is 132 g/mol. The van der Waals surface area contributed by atoms with Gasteiger partial charge in [-0.3, -0.25) is 0 Å². The summed E-state index contributed by atoms with van der Waals surface area (Å²) in [5.41, 5.74) is 0. The molecule has 6 radical (unpaired) electrons. The van der Waals surface area contributed by atoms with Gasteiger partial charge in [0.2, 0.25) is 21.0 Å². The summed E-state index contributed by atoms with van der Waals surface area (Å²) in [6.07, 6.45) is 0. The maximum atomic E-state index is 4.35. The van der Waals surface area contributed by atoms with Gasteiger partial charge in [0.1, 0.15) is 0 Å². The van der Waals surface area contributed by atoms with Gasteiger partial charge in [-0.15, -0.1) is 0 Å². The molecule has 0 aromatic heterocycles. The van der Waals surface area contributed by atoms with Crippen LogP contribution < -0.4 is 0 Å². The molecule has 0 spiro atoms. The second kappa shape index (κ2) is 16.2. The number of hydrogen-bond donors (Lipinski definition) is 0. The molecule has 0 aliphatic heterocycles. The SMILES string of the molecule is CCO[Si].CO[Si]. The van der Waals surface area contributed by atoms with Gasteiger partial charge in [-0.25, -0.2) is 0 Å². The van der Waals surface area contributed by atoms with Crippen LogP contribution in [0.2, 0.25) is 0 Å². The molecule has 0 aromatic rings. The van der Waals surface area contributed by atoms with Crippen LogP contribution in [0.4, 0.5) is 0 Å². The van der Waals surface area contributed by atoms with Crippen LogP contribution in [0.1, 0.15) is 6.92 Å². The molecule has 40 valence electrons. The van der Waals surface area contributed by atoms with Crippen molar-refractivity contribution in [1.82, 2.24) is 0 Å². The lowest BCUT2D eigenvalue weighted by atomic mass is 10.9. The fourth-order valence-electron chi connectivity index (χ4n) is 0. The van der Waals surface area contributed by atoms with Crippen LogP contribution in [0.25, 0.3) is 0 Å². The summed E-state index contributed by atoms with van der Waals surface area (Å²) in [5.74, 6) is 0. The predicted octanol–water partition coefficient (Wildman–Crippen LogP) is -0.177. The quantitative estimate of drug-likeness (QED) is 0.461. The Labute approximate surface area is 51.3 Å². The second-order valence-corrected chi connectivity index (χ2v) is 1.33. The largest absolute Gasteiger partial charge is 0.422 e. The van der Waals surface area contributed by atoms with Gasteiger partial charge in [-0.05, 0) is 6.92 Å². The van der Waals surface area contributed by atoms with E-state index in [9.17, 15) is 0 Å². The molecule has 0 aromatic carbocycles. The fourth-order valence-corrected chi connectivity index (χ4v) is 0. The molecule has 0 saturated heterocycles. The summed E-state index contributed by atoms with van der Waals surface area (Å²) in [6, 6.07) is 0. The zero-order valence-electron chi connectivity index (χ0n) is 4.52. The monoisotopic (exact) mass is 132 g/mol. The van der Waals surface area contributed by atoms with Crippen molar-refractivity contribution >= 4 is 21.0 Å².